The van der Waals surface area contributed by atoms with Crippen molar-refractivity contribution >= 4 is 11.0 Å². The Morgan fingerprint density at radius 1 is 0.971 bits per heavy atom. The largest absolute Gasteiger partial charge is 0.441 e. The van der Waals surface area contributed by atoms with Crippen LogP contribution in [0.15, 0.2) is 69.9 Å². The lowest BCUT2D eigenvalue weighted by Gasteiger charge is -2.11. The van der Waals surface area contributed by atoms with Crippen LogP contribution in [0.4, 0.5) is 0 Å². The highest BCUT2D eigenvalue weighted by molar-refractivity contribution is 5.83. The van der Waals surface area contributed by atoms with E-state index in [1.807, 2.05) is 67.9 Å². The summed E-state index contributed by atoms with van der Waals surface area (Å²) in [7, 11) is 0. The minimum atomic E-state index is -0.0904. The number of hydrogen-bond acceptors (Lipinski definition) is 4. The van der Waals surface area contributed by atoms with E-state index in [0.717, 1.165) is 39.2 Å². The molecule has 0 saturated heterocycles. The first kappa shape index (κ1) is 21.9. The number of para-hydroxylation sites is 1. The summed E-state index contributed by atoms with van der Waals surface area (Å²) < 4.78 is 9.61. The highest BCUT2D eigenvalue weighted by atomic mass is 16.4. The zero-order valence-corrected chi connectivity index (χ0v) is 20.2. The van der Waals surface area contributed by atoms with E-state index in [4.69, 9.17) is 14.5 Å². The van der Waals surface area contributed by atoms with Crippen molar-refractivity contribution in [1.82, 2.24) is 19.3 Å². The first-order chi connectivity index (χ1) is 16.3. The second-order valence-electron chi connectivity index (χ2n) is 9.08. The maximum atomic E-state index is 13.2. The van der Waals surface area contributed by atoms with Crippen molar-refractivity contribution in [3.63, 3.8) is 0 Å². The predicted molar refractivity (Wildman–Crippen MR) is 135 cm³/mol. The Hall–Kier alpha value is -3.93. The number of rotatable bonds is 5. The quantitative estimate of drug-likeness (QED) is 0.331. The van der Waals surface area contributed by atoms with Crippen LogP contribution >= 0.6 is 0 Å². The molecule has 0 amide bonds. The van der Waals surface area contributed by atoms with Crippen molar-refractivity contribution in [3.05, 3.63) is 99.3 Å². The Labute approximate surface area is 198 Å². The number of oxazole rings is 1. The normalized spacial score (nSPS) is 11.6. The van der Waals surface area contributed by atoms with E-state index >= 15 is 0 Å². The SMILES string of the molecule is Cc1oc(-c2ccc(C(C)C)cc2)nc1Cn1c(=O)cc(C)c2c(C)nn(-c3ccccc3)c21. The average Bonchev–Trinajstić information content (AvgIpc) is 3.37. The van der Waals surface area contributed by atoms with Gasteiger partial charge in [-0.15, -0.1) is 0 Å². The molecule has 0 spiro atoms. The molecule has 0 aliphatic heterocycles. The van der Waals surface area contributed by atoms with Gasteiger partial charge in [-0.3, -0.25) is 9.36 Å². The standard InChI is InChI=1S/C28H28N4O2/c1-17(2)21-11-13-22(14-12-21)27-29-24(20(5)34-27)16-31-25(33)15-18(3)26-19(4)30-32(28(26)31)23-9-7-6-8-10-23/h6-15,17H,16H2,1-5H3. The van der Waals surface area contributed by atoms with Gasteiger partial charge in [-0.2, -0.15) is 5.10 Å². The zero-order chi connectivity index (χ0) is 24.0. The molecule has 0 fully saturated rings. The van der Waals surface area contributed by atoms with Gasteiger partial charge in [-0.05, 0) is 62.1 Å². The van der Waals surface area contributed by atoms with Gasteiger partial charge in [0, 0.05) is 17.0 Å². The van der Waals surface area contributed by atoms with Gasteiger partial charge in [0.2, 0.25) is 5.89 Å². The predicted octanol–water partition coefficient (Wildman–Crippen LogP) is 5.94. The number of nitrogens with zero attached hydrogens (tertiary/aromatic N) is 4. The summed E-state index contributed by atoms with van der Waals surface area (Å²) >= 11 is 0. The molecular weight excluding hydrogens is 424 g/mol. The summed E-state index contributed by atoms with van der Waals surface area (Å²) in [6.45, 7) is 10.5. The summed E-state index contributed by atoms with van der Waals surface area (Å²) in [5, 5.41) is 5.76. The van der Waals surface area contributed by atoms with Crippen LogP contribution in [0, 0.1) is 20.8 Å². The van der Waals surface area contributed by atoms with Gasteiger partial charge in [0.05, 0.1) is 17.9 Å². The van der Waals surface area contributed by atoms with Gasteiger partial charge in [-0.1, -0.05) is 44.2 Å². The summed E-state index contributed by atoms with van der Waals surface area (Å²) in [5.74, 6) is 1.72. The molecular formula is C28H28N4O2. The molecule has 6 nitrogen and oxygen atoms in total. The van der Waals surface area contributed by atoms with Gasteiger partial charge < -0.3 is 4.42 Å². The number of hydrogen-bond donors (Lipinski definition) is 0. The molecule has 0 unspecified atom stereocenters. The third-order valence-electron chi connectivity index (χ3n) is 6.32. The molecule has 172 valence electrons. The lowest BCUT2D eigenvalue weighted by Crippen LogP contribution is -2.23. The fourth-order valence-electron chi connectivity index (χ4n) is 4.43. The van der Waals surface area contributed by atoms with Crippen molar-refractivity contribution < 1.29 is 4.42 Å². The Morgan fingerprint density at radius 2 is 1.68 bits per heavy atom. The summed E-state index contributed by atoms with van der Waals surface area (Å²) in [6.07, 6.45) is 0. The minimum absolute atomic E-state index is 0.0904. The average molecular weight is 453 g/mol. The monoisotopic (exact) mass is 452 g/mol. The summed E-state index contributed by atoms with van der Waals surface area (Å²) in [4.78, 5) is 18.0. The topological polar surface area (TPSA) is 65.8 Å². The van der Waals surface area contributed by atoms with Crippen LogP contribution in [-0.4, -0.2) is 19.3 Å². The van der Waals surface area contributed by atoms with Crippen LogP contribution < -0.4 is 5.56 Å². The molecule has 0 atom stereocenters. The van der Waals surface area contributed by atoms with Crippen molar-refractivity contribution in [3.8, 4) is 17.1 Å². The van der Waals surface area contributed by atoms with Crippen LogP contribution in [0.1, 0.15) is 48.0 Å². The smallest absolute Gasteiger partial charge is 0.252 e. The number of benzene rings is 2. The highest BCUT2D eigenvalue weighted by Gasteiger charge is 2.20. The first-order valence-corrected chi connectivity index (χ1v) is 11.6. The summed E-state index contributed by atoms with van der Waals surface area (Å²) in [6, 6.07) is 19.8. The van der Waals surface area contributed by atoms with Gasteiger partial charge in [-0.25, -0.2) is 9.67 Å². The van der Waals surface area contributed by atoms with Crippen LogP contribution in [0.25, 0.3) is 28.2 Å². The van der Waals surface area contributed by atoms with E-state index in [-0.39, 0.29) is 5.56 Å². The lowest BCUT2D eigenvalue weighted by atomic mass is 10.0. The van der Waals surface area contributed by atoms with E-state index in [1.54, 1.807) is 10.6 Å². The molecule has 6 heteroatoms. The highest BCUT2D eigenvalue weighted by Crippen LogP contribution is 2.27. The van der Waals surface area contributed by atoms with Crippen molar-refractivity contribution in [2.75, 3.05) is 0 Å². The molecule has 0 saturated carbocycles. The molecule has 0 N–H and O–H groups in total. The zero-order valence-electron chi connectivity index (χ0n) is 20.2. The maximum Gasteiger partial charge on any atom is 0.252 e. The molecule has 0 bridgehead atoms. The molecule has 0 aliphatic carbocycles. The second kappa shape index (κ2) is 8.45. The van der Waals surface area contributed by atoms with E-state index in [9.17, 15) is 4.79 Å². The van der Waals surface area contributed by atoms with Gasteiger partial charge in [0.25, 0.3) is 5.56 Å². The van der Waals surface area contributed by atoms with Crippen LogP contribution in [0.5, 0.6) is 0 Å². The van der Waals surface area contributed by atoms with Gasteiger partial charge >= 0.3 is 0 Å². The van der Waals surface area contributed by atoms with Crippen molar-refractivity contribution in [1.29, 1.82) is 0 Å². The fraction of sp³-hybridized carbons (Fsp3) is 0.250. The minimum Gasteiger partial charge on any atom is -0.441 e. The molecule has 3 aromatic heterocycles. The molecule has 0 aliphatic rings. The Kier molecular flexibility index (Phi) is 5.44. The van der Waals surface area contributed by atoms with Gasteiger partial charge in [0.15, 0.2) is 0 Å². The number of aromatic nitrogens is 4. The van der Waals surface area contributed by atoms with E-state index in [2.05, 4.69) is 26.0 Å². The van der Waals surface area contributed by atoms with Gasteiger partial charge in [0.1, 0.15) is 17.1 Å². The first-order valence-electron chi connectivity index (χ1n) is 11.6. The summed E-state index contributed by atoms with van der Waals surface area (Å²) in [5.41, 5.74) is 6.30. The van der Waals surface area contributed by atoms with Crippen LogP contribution in [-0.2, 0) is 6.54 Å². The van der Waals surface area contributed by atoms with E-state index < -0.39 is 0 Å². The lowest BCUT2D eigenvalue weighted by molar-refractivity contribution is 0.537. The van der Waals surface area contributed by atoms with E-state index in [0.29, 0.717) is 24.1 Å². The molecule has 0 radical (unpaired) electrons. The Balaban J connectivity index is 1.62. The molecule has 3 heterocycles. The number of aryl methyl sites for hydroxylation is 3. The third-order valence-corrected chi connectivity index (χ3v) is 6.32. The van der Waals surface area contributed by atoms with E-state index in [1.165, 1.54) is 5.56 Å². The number of fused-ring (bicyclic) bond motifs is 1. The van der Waals surface area contributed by atoms with Crippen molar-refractivity contribution in [2.24, 2.45) is 0 Å². The molecule has 2 aromatic carbocycles. The van der Waals surface area contributed by atoms with Crippen LogP contribution in [0.3, 0.4) is 0 Å². The number of pyridine rings is 1. The Bertz CT molecular complexity index is 1540. The van der Waals surface area contributed by atoms with Crippen LogP contribution in [0.2, 0.25) is 0 Å². The molecule has 5 aromatic rings. The third kappa shape index (κ3) is 3.75. The van der Waals surface area contributed by atoms with Crippen molar-refractivity contribution in [2.45, 2.75) is 47.1 Å². The molecule has 34 heavy (non-hydrogen) atoms. The fourth-order valence-corrected chi connectivity index (χ4v) is 4.43. The Morgan fingerprint density at radius 3 is 2.35 bits per heavy atom. The molecule has 5 rings (SSSR count). The second-order valence-corrected chi connectivity index (χ2v) is 9.08. The maximum absolute atomic E-state index is 13.2.